The number of nitrogens with one attached hydrogen (secondary N) is 3. The first kappa shape index (κ1) is 16.1. The quantitative estimate of drug-likeness (QED) is 0.626. The highest BCUT2D eigenvalue weighted by Crippen LogP contribution is 2.13. The van der Waals surface area contributed by atoms with Gasteiger partial charge in [0, 0.05) is 23.2 Å². The van der Waals surface area contributed by atoms with Gasteiger partial charge in [-0.2, -0.15) is 0 Å². The van der Waals surface area contributed by atoms with E-state index in [1.807, 2.05) is 12.1 Å². The lowest BCUT2D eigenvalue weighted by Crippen LogP contribution is -2.35. The number of anilines is 1. The molecule has 0 spiro atoms. The molecule has 0 heterocycles. The fraction of sp³-hybridized carbons (Fsp3) is 0.364. The van der Waals surface area contributed by atoms with Crippen LogP contribution in [0.3, 0.4) is 0 Å². The first-order chi connectivity index (χ1) is 8.87. The zero-order valence-corrected chi connectivity index (χ0v) is 12.8. The molecule has 19 heavy (non-hydrogen) atoms. The number of amides is 1. The Morgan fingerprint density at radius 2 is 1.84 bits per heavy atom. The third-order valence-electron chi connectivity index (χ3n) is 2.08. The van der Waals surface area contributed by atoms with Gasteiger partial charge in [-0.05, 0) is 24.3 Å². The minimum atomic E-state index is -3.17. The van der Waals surface area contributed by atoms with Crippen LogP contribution in [-0.4, -0.2) is 40.2 Å². The van der Waals surface area contributed by atoms with Crippen molar-refractivity contribution in [3.63, 3.8) is 0 Å². The summed E-state index contributed by atoms with van der Waals surface area (Å²) in [6.07, 6.45) is 1.09. The van der Waals surface area contributed by atoms with Gasteiger partial charge in [-0.1, -0.05) is 15.9 Å². The Bertz CT molecular complexity index is 516. The Morgan fingerprint density at radius 3 is 2.42 bits per heavy atom. The summed E-state index contributed by atoms with van der Waals surface area (Å²) in [5.74, 6) is -0.179. The molecule has 0 bridgehead atoms. The van der Waals surface area contributed by atoms with Crippen molar-refractivity contribution in [3.05, 3.63) is 28.7 Å². The Balaban J connectivity index is 2.20. The number of carbonyl (C=O) groups excluding carboxylic acids is 1. The van der Waals surface area contributed by atoms with Gasteiger partial charge in [0.25, 0.3) is 0 Å². The van der Waals surface area contributed by atoms with Crippen LogP contribution in [0, 0.1) is 0 Å². The molecule has 1 rings (SSSR count). The van der Waals surface area contributed by atoms with Gasteiger partial charge in [0.1, 0.15) is 0 Å². The second-order valence-corrected chi connectivity index (χ2v) is 6.65. The van der Waals surface area contributed by atoms with Gasteiger partial charge >= 0.3 is 0 Å². The maximum atomic E-state index is 11.5. The molecular weight excluding hydrogens is 334 g/mol. The lowest BCUT2D eigenvalue weighted by atomic mass is 10.3. The van der Waals surface area contributed by atoms with Crippen molar-refractivity contribution in [1.29, 1.82) is 0 Å². The average molecular weight is 350 g/mol. The van der Waals surface area contributed by atoms with Crippen molar-refractivity contribution in [3.8, 4) is 0 Å². The molecule has 0 saturated carbocycles. The monoisotopic (exact) mass is 349 g/mol. The Morgan fingerprint density at radius 1 is 1.21 bits per heavy atom. The normalized spacial score (nSPS) is 11.3. The molecular formula is C11H16BrN3O3S. The van der Waals surface area contributed by atoms with E-state index in [4.69, 9.17) is 0 Å². The summed E-state index contributed by atoms with van der Waals surface area (Å²) >= 11 is 3.31. The number of benzene rings is 1. The van der Waals surface area contributed by atoms with E-state index in [9.17, 15) is 13.2 Å². The molecule has 106 valence electrons. The highest BCUT2D eigenvalue weighted by molar-refractivity contribution is 9.10. The number of hydrogen-bond donors (Lipinski definition) is 3. The van der Waals surface area contributed by atoms with Crippen molar-refractivity contribution < 1.29 is 13.2 Å². The zero-order chi connectivity index (χ0) is 14.3. The third-order valence-corrected chi connectivity index (χ3v) is 3.34. The Labute approximate surface area is 121 Å². The van der Waals surface area contributed by atoms with E-state index in [0.717, 1.165) is 10.7 Å². The van der Waals surface area contributed by atoms with Crippen LogP contribution in [-0.2, 0) is 14.8 Å². The molecule has 6 nitrogen and oxygen atoms in total. The zero-order valence-electron chi connectivity index (χ0n) is 10.4. The van der Waals surface area contributed by atoms with E-state index in [-0.39, 0.29) is 19.0 Å². The molecule has 0 atom stereocenters. The molecule has 0 aliphatic carbocycles. The first-order valence-electron chi connectivity index (χ1n) is 5.57. The lowest BCUT2D eigenvalue weighted by molar-refractivity contribution is -0.115. The van der Waals surface area contributed by atoms with Crippen LogP contribution in [0.25, 0.3) is 0 Å². The summed E-state index contributed by atoms with van der Waals surface area (Å²) in [5, 5.41) is 5.56. The highest BCUT2D eigenvalue weighted by atomic mass is 79.9. The van der Waals surface area contributed by atoms with Crippen LogP contribution in [0.2, 0.25) is 0 Å². The minimum absolute atomic E-state index is 0.126. The van der Waals surface area contributed by atoms with Gasteiger partial charge in [0.05, 0.1) is 12.8 Å². The largest absolute Gasteiger partial charge is 0.325 e. The SMILES string of the molecule is CS(=O)(=O)NCCNCC(=O)Nc1ccc(Br)cc1. The van der Waals surface area contributed by atoms with Gasteiger partial charge in [0.2, 0.25) is 15.9 Å². The third kappa shape index (κ3) is 7.93. The van der Waals surface area contributed by atoms with Crippen LogP contribution in [0.5, 0.6) is 0 Å². The summed E-state index contributed by atoms with van der Waals surface area (Å²) < 4.78 is 24.8. The summed E-state index contributed by atoms with van der Waals surface area (Å²) in [4.78, 5) is 11.5. The number of halogens is 1. The van der Waals surface area contributed by atoms with Crippen molar-refractivity contribution in [2.45, 2.75) is 0 Å². The summed E-state index contributed by atoms with van der Waals surface area (Å²) in [5.41, 5.74) is 0.712. The summed E-state index contributed by atoms with van der Waals surface area (Å²) in [7, 11) is -3.17. The molecule has 0 aromatic heterocycles. The predicted molar refractivity (Wildman–Crippen MR) is 78.5 cm³/mol. The lowest BCUT2D eigenvalue weighted by Gasteiger charge is -2.07. The van der Waals surface area contributed by atoms with E-state index in [1.165, 1.54) is 0 Å². The molecule has 3 N–H and O–H groups in total. The maximum absolute atomic E-state index is 11.5. The second-order valence-electron chi connectivity index (χ2n) is 3.90. The maximum Gasteiger partial charge on any atom is 0.238 e. The van der Waals surface area contributed by atoms with Crippen molar-refractivity contribution in [2.24, 2.45) is 0 Å². The number of carbonyl (C=O) groups is 1. The van der Waals surface area contributed by atoms with Crippen LogP contribution >= 0.6 is 15.9 Å². The standard InChI is InChI=1S/C11H16BrN3O3S/c1-19(17,18)14-7-6-13-8-11(16)15-10-4-2-9(12)3-5-10/h2-5,13-14H,6-8H2,1H3,(H,15,16). The van der Waals surface area contributed by atoms with Crippen LogP contribution < -0.4 is 15.4 Å². The van der Waals surface area contributed by atoms with Gasteiger partial charge in [-0.15, -0.1) is 0 Å². The molecule has 1 amide bonds. The van der Waals surface area contributed by atoms with E-state index < -0.39 is 10.0 Å². The van der Waals surface area contributed by atoms with Crippen LogP contribution in [0.1, 0.15) is 0 Å². The molecule has 1 aromatic rings. The van der Waals surface area contributed by atoms with Crippen LogP contribution in [0.15, 0.2) is 28.7 Å². The van der Waals surface area contributed by atoms with Gasteiger partial charge < -0.3 is 10.6 Å². The van der Waals surface area contributed by atoms with Gasteiger partial charge in [-0.25, -0.2) is 13.1 Å². The van der Waals surface area contributed by atoms with Crippen molar-refractivity contribution in [1.82, 2.24) is 10.0 Å². The van der Waals surface area contributed by atoms with E-state index in [2.05, 4.69) is 31.3 Å². The smallest absolute Gasteiger partial charge is 0.238 e. The fourth-order valence-corrected chi connectivity index (χ4v) is 2.00. The minimum Gasteiger partial charge on any atom is -0.325 e. The molecule has 1 aromatic carbocycles. The molecule has 0 aliphatic heterocycles. The first-order valence-corrected chi connectivity index (χ1v) is 8.26. The molecule has 0 saturated heterocycles. The molecule has 0 radical (unpaired) electrons. The molecule has 8 heteroatoms. The topological polar surface area (TPSA) is 87.3 Å². The van der Waals surface area contributed by atoms with Crippen molar-refractivity contribution in [2.75, 3.05) is 31.2 Å². The number of rotatable bonds is 7. The Hall–Kier alpha value is -0.960. The summed E-state index contributed by atoms with van der Waals surface area (Å²) in [6.45, 7) is 0.771. The molecule has 0 aliphatic rings. The van der Waals surface area contributed by atoms with Crippen molar-refractivity contribution >= 4 is 37.5 Å². The molecule has 0 unspecified atom stereocenters. The Kier molecular flexibility index (Phi) is 6.43. The summed E-state index contributed by atoms with van der Waals surface area (Å²) in [6, 6.07) is 7.23. The fourth-order valence-electron chi connectivity index (χ4n) is 1.27. The highest BCUT2D eigenvalue weighted by Gasteiger charge is 2.02. The number of sulfonamides is 1. The predicted octanol–water partition coefficient (Wildman–Crippen LogP) is 0.526. The van der Waals surface area contributed by atoms with Crippen LogP contribution in [0.4, 0.5) is 5.69 Å². The van der Waals surface area contributed by atoms with E-state index >= 15 is 0 Å². The van der Waals surface area contributed by atoms with Gasteiger partial charge in [0.15, 0.2) is 0 Å². The number of hydrogen-bond acceptors (Lipinski definition) is 4. The van der Waals surface area contributed by atoms with Gasteiger partial charge in [-0.3, -0.25) is 4.79 Å². The second kappa shape index (κ2) is 7.59. The van der Waals surface area contributed by atoms with E-state index in [0.29, 0.717) is 12.2 Å². The van der Waals surface area contributed by atoms with E-state index in [1.54, 1.807) is 12.1 Å². The molecule has 0 fully saturated rings. The average Bonchev–Trinajstić information content (AvgIpc) is 2.30.